The Morgan fingerprint density at radius 3 is 2.50 bits per heavy atom. The lowest BCUT2D eigenvalue weighted by Gasteiger charge is -2.14. The van der Waals surface area contributed by atoms with Crippen LogP contribution in [0.1, 0.15) is 36.0 Å². The van der Waals surface area contributed by atoms with E-state index in [-0.39, 0.29) is 32.9 Å². The van der Waals surface area contributed by atoms with Crippen LogP contribution in [-0.2, 0) is 10.0 Å². The van der Waals surface area contributed by atoms with E-state index in [4.69, 9.17) is 11.6 Å². The Labute approximate surface area is 167 Å². The number of anilines is 1. The molecule has 1 aliphatic carbocycles. The summed E-state index contributed by atoms with van der Waals surface area (Å²) in [5.41, 5.74) is -0.226. The summed E-state index contributed by atoms with van der Waals surface area (Å²) < 4.78 is 28.0. The van der Waals surface area contributed by atoms with Crippen LogP contribution < -0.4 is 10.0 Å². The summed E-state index contributed by atoms with van der Waals surface area (Å²) in [5.74, 6) is -0.678. The molecule has 1 aliphatic rings. The SMILES string of the molecule is O=C(Nc1ccccc1[N+](=O)[O-])c1ccc(Cl)c(S(=O)(=O)NC2CCCC2)c1. The van der Waals surface area contributed by atoms with Crippen molar-refractivity contribution in [2.24, 2.45) is 0 Å². The fraction of sp³-hybridized carbons (Fsp3) is 0.278. The summed E-state index contributed by atoms with van der Waals surface area (Å²) in [4.78, 5) is 22.8. The minimum Gasteiger partial charge on any atom is -0.316 e. The number of benzene rings is 2. The number of nitro benzene ring substituents is 1. The minimum atomic E-state index is -3.90. The molecule has 28 heavy (non-hydrogen) atoms. The number of hydrogen-bond acceptors (Lipinski definition) is 5. The number of rotatable bonds is 6. The van der Waals surface area contributed by atoms with Gasteiger partial charge in [-0.1, -0.05) is 36.6 Å². The number of sulfonamides is 1. The molecule has 0 heterocycles. The summed E-state index contributed by atoms with van der Waals surface area (Å²) >= 11 is 6.06. The van der Waals surface area contributed by atoms with Crippen molar-refractivity contribution in [3.05, 3.63) is 63.2 Å². The number of halogens is 1. The van der Waals surface area contributed by atoms with Crippen LogP contribution >= 0.6 is 11.6 Å². The monoisotopic (exact) mass is 423 g/mol. The van der Waals surface area contributed by atoms with Gasteiger partial charge in [0.1, 0.15) is 10.6 Å². The summed E-state index contributed by atoms with van der Waals surface area (Å²) in [6.45, 7) is 0. The van der Waals surface area contributed by atoms with E-state index in [0.29, 0.717) is 0 Å². The Morgan fingerprint density at radius 1 is 1.14 bits per heavy atom. The molecule has 0 atom stereocenters. The highest BCUT2D eigenvalue weighted by Gasteiger charge is 2.26. The van der Waals surface area contributed by atoms with Gasteiger partial charge in [-0.25, -0.2) is 13.1 Å². The molecule has 8 nitrogen and oxygen atoms in total. The van der Waals surface area contributed by atoms with Crippen LogP contribution in [0.5, 0.6) is 0 Å². The first-order valence-corrected chi connectivity index (χ1v) is 10.5. The van der Waals surface area contributed by atoms with E-state index in [1.54, 1.807) is 6.07 Å². The molecule has 10 heteroatoms. The minimum absolute atomic E-state index is 0.00672. The van der Waals surface area contributed by atoms with Gasteiger partial charge in [0.05, 0.1) is 9.95 Å². The van der Waals surface area contributed by atoms with E-state index in [2.05, 4.69) is 10.0 Å². The highest BCUT2D eigenvalue weighted by atomic mass is 35.5. The van der Waals surface area contributed by atoms with E-state index >= 15 is 0 Å². The smallest absolute Gasteiger partial charge is 0.292 e. The van der Waals surface area contributed by atoms with Gasteiger partial charge >= 0.3 is 0 Å². The number of amides is 1. The van der Waals surface area contributed by atoms with Crippen LogP contribution in [0.25, 0.3) is 0 Å². The molecule has 0 spiro atoms. The Kier molecular flexibility index (Phi) is 5.97. The van der Waals surface area contributed by atoms with Crippen molar-refractivity contribution in [1.82, 2.24) is 4.72 Å². The molecule has 3 rings (SSSR count). The summed E-state index contributed by atoms with van der Waals surface area (Å²) in [7, 11) is -3.90. The van der Waals surface area contributed by atoms with Gasteiger partial charge in [0.2, 0.25) is 10.0 Å². The first-order chi connectivity index (χ1) is 13.3. The van der Waals surface area contributed by atoms with Crippen LogP contribution in [0.4, 0.5) is 11.4 Å². The van der Waals surface area contributed by atoms with Crippen molar-refractivity contribution in [3.8, 4) is 0 Å². The number of para-hydroxylation sites is 2. The summed E-state index contributed by atoms with van der Waals surface area (Å²) in [5, 5.41) is 13.5. The fourth-order valence-corrected chi connectivity index (χ4v) is 4.94. The Hall–Kier alpha value is -2.49. The van der Waals surface area contributed by atoms with Crippen LogP contribution in [0.15, 0.2) is 47.4 Å². The quantitative estimate of drug-likeness (QED) is 0.542. The van der Waals surface area contributed by atoms with Gasteiger partial charge in [-0.15, -0.1) is 0 Å². The average Bonchev–Trinajstić information content (AvgIpc) is 3.14. The van der Waals surface area contributed by atoms with Gasteiger partial charge in [-0.2, -0.15) is 0 Å². The van der Waals surface area contributed by atoms with E-state index < -0.39 is 20.9 Å². The Balaban J connectivity index is 1.86. The van der Waals surface area contributed by atoms with Crippen LogP contribution in [0, 0.1) is 10.1 Å². The molecular formula is C18H18ClN3O5S. The molecule has 1 saturated carbocycles. The maximum Gasteiger partial charge on any atom is 0.292 e. The van der Waals surface area contributed by atoms with Gasteiger partial charge in [0.25, 0.3) is 11.6 Å². The van der Waals surface area contributed by atoms with Gasteiger partial charge in [0.15, 0.2) is 0 Å². The number of hydrogen-bond donors (Lipinski definition) is 2. The molecule has 1 amide bonds. The number of nitrogens with zero attached hydrogens (tertiary/aromatic N) is 1. The van der Waals surface area contributed by atoms with Crippen LogP contribution in [0.3, 0.4) is 0 Å². The molecule has 0 aromatic heterocycles. The average molecular weight is 424 g/mol. The third kappa shape index (κ3) is 4.49. The molecule has 2 N–H and O–H groups in total. The highest BCUT2D eigenvalue weighted by molar-refractivity contribution is 7.89. The van der Waals surface area contributed by atoms with Crippen molar-refractivity contribution >= 4 is 38.9 Å². The molecule has 2 aromatic rings. The van der Waals surface area contributed by atoms with E-state index in [1.807, 2.05) is 0 Å². The third-order valence-electron chi connectivity index (χ3n) is 4.51. The van der Waals surface area contributed by atoms with Crippen LogP contribution in [0.2, 0.25) is 5.02 Å². The molecule has 0 bridgehead atoms. The van der Waals surface area contributed by atoms with Crippen molar-refractivity contribution < 1.29 is 18.1 Å². The zero-order valence-electron chi connectivity index (χ0n) is 14.7. The Bertz CT molecular complexity index is 1020. The molecule has 0 aliphatic heterocycles. The van der Waals surface area contributed by atoms with Crippen LogP contribution in [-0.4, -0.2) is 25.3 Å². The summed E-state index contributed by atoms with van der Waals surface area (Å²) in [6, 6.07) is 9.39. The van der Waals surface area contributed by atoms with Gasteiger partial charge in [0, 0.05) is 17.7 Å². The first kappa shape index (κ1) is 20.2. The second kappa shape index (κ2) is 8.26. The predicted molar refractivity (Wildman–Crippen MR) is 105 cm³/mol. The van der Waals surface area contributed by atoms with E-state index in [1.165, 1.54) is 36.4 Å². The van der Waals surface area contributed by atoms with Crippen molar-refractivity contribution in [2.75, 3.05) is 5.32 Å². The Morgan fingerprint density at radius 2 is 1.82 bits per heavy atom. The number of nitrogens with one attached hydrogen (secondary N) is 2. The van der Waals surface area contributed by atoms with E-state index in [9.17, 15) is 23.3 Å². The number of nitro groups is 1. The number of carbonyl (C=O) groups is 1. The third-order valence-corrected chi connectivity index (χ3v) is 6.51. The second-order valence-electron chi connectivity index (χ2n) is 6.48. The van der Waals surface area contributed by atoms with Gasteiger partial charge in [-0.3, -0.25) is 14.9 Å². The lowest BCUT2D eigenvalue weighted by Crippen LogP contribution is -2.33. The molecule has 0 unspecified atom stereocenters. The maximum atomic E-state index is 12.7. The molecular weight excluding hydrogens is 406 g/mol. The first-order valence-electron chi connectivity index (χ1n) is 8.64. The lowest BCUT2D eigenvalue weighted by molar-refractivity contribution is -0.383. The zero-order chi connectivity index (χ0) is 20.3. The molecule has 0 radical (unpaired) electrons. The predicted octanol–water partition coefficient (Wildman–Crippen LogP) is 3.72. The zero-order valence-corrected chi connectivity index (χ0v) is 16.3. The normalized spacial score (nSPS) is 14.8. The molecule has 1 fully saturated rings. The number of carbonyl (C=O) groups excluding carboxylic acids is 1. The fourth-order valence-electron chi connectivity index (χ4n) is 3.11. The van der Waals surface area contributed by atoms with Gasteiger partial charge in [-0.05, 0) is 37.1 Å². The summed E-state index contributed by atoms with van der Waals surface area (Å²) in [6.07, 6.45) is 3.43. The lowest BCUT2D eigenvalue weighted by atomic mass is 10.2. The standard InChI is InChI=1S/C18H18ClN3O5S/c19-14-10-9-12(11-17(14)28(26,27)21-13-5-1-2-6-13)18(23)20-15-7-3-4-8-16(15)22(24)25/h3-4,7-11,13,21H,1-2,5-6H2,(H,20,23). The van der Waals surface area contributed by atoms with Crippen molar-refractivity contribution in [2.45, 2.75) is 36.6 Å². The molecule has 2 aromatic carbocycles. The highest BCUT2D eigenvalue weighted by Crippen LogP contribution is 2.27. The van der Waals surface area contributed by atoms with Gasteiger partial charge < -0.3 is 5.32 Å². The largest absolute Gasteiger partial charge is 0.316 e. The van der Waals surface area contributed by atoms with Crippen molar-refractivity contribution in [1.29, 1.82) is 0 Å². The maximum absolute atomic E-state index is 12.7. The second-order valence-corrected chi connectivity index (χ2v) is 8.57. The van der Waals surface area contributed by atoms with Crippen molar-refractivity contribution in [3.63, 3.8) is 0 Å². The topological polar surface area (TPSA) is 118 Å². The molecule has 148 valence electrons. The molecule has 0 saturated heterocycles. The van der Waals surface area contributed by atoms with E-state index in [0.717, 1.165) is 25.7 Å².